The molecule has 0 aromatic rings. The summed E-state index contributed by atoms with van der Waals surface area (Å²) >= 11 is 0. The number of allylic oxidation sites excluding steroid dienone is 1. The van der Waals surface area contributed by atoms with Crippen LogP contribution >= 0.6 is 0 Å². The summed E-state index contributed by atoms with van der Waals surface area (Å²) in [5.41, 5.74) is 0. The van der Waals surface area contributed by atoms with Crippen LogP contribution in [-0.2, 0) is 0 Å². The van der Waals surface area contributed by atoms with Gasteiger partial charge in [-0.05, 0) is 6.92 Å². The zero-order valence-electron chi connectivity index (χ0n) is 2.28. The van der Waals surface area contributed by atoms with Gasteiger partial charge in [-0.25, -0.2) is 0 Å². The molecule has 0 unspecified atom stereocenters. The van der Waals surface area contributed by atoms with E-state index in [0.29, 0.717) is 0 Å². The molecule has 22 valence electrons. The van der Waals surface area contributed by atoms with E-state index in [1.165, 1.54) is 0 Å². The summed E-state index contributed by atoms with van der Waals surface area (Å²) in [6.07, 6.45) is 1.75. The molecule has 0 aliphatic rings. The zero-order valence-corrected chi connectivity index (χ0v) is 2.28. The molecule has 0 heterocycles. The number of rotatable bonds is 0. The zero-order chi connectivity index (χ0) is 2.71. The quantitative estimate of drug-likeness (QED) is 0.299. The Hall–Kier alpha value is 2.38. The summed E-state index contributed by atoms with van der Waals surface area (Å²) in [5, 5.41) is 0. The van der Waals surface area contributed by atoms with E-state index in [4.69, 9.17) is 0 Å². The molecule has 2 heteroatoms. The van der Waals surface area contributed by atoms with Crippen molar-refractivity contribution in [3.63, 3.8) is 0 Å². The molecule has 0 amide bonds. The van der Waals surface area contributed by atoms with Crippen molar-refractivity contribution < 1.29 is 0 Å². The van der Waals surface area contributed by atoms with Crippen molar-refractivity contribution in [1.82, 2.24) is 0 Å². The Labute approximate surface area is 98.1 Å². The second kappa shape index (κ2) is 16.2. The van der Waals surface area contributed by atoms with Crippen LogP contribution in [0.5, 0.6) is 0 Å². The maximum absolute atomic E-state index is 3.36. The Morgan fingerprint density at radius 3 is 1.60 bits per heavy atom. The van der Waals surface area contributed by atoms with Gasteiger partial charge >= 0.3 is 80.9 Å². The first kappa shape index (κ1) is 15.7. The standard InChI is InChI=1S/C3H6.K.Na.2H/c1-3-2;;;;/h3H,1H2,2H3;;;;. The topological polar surface area (TPSA) is 0 Å². The van der Waals surface area contributed by atoms with Crippen LogP contribution in [0.1, 0.15) is 6.92 Å². The Kier molecular flexibility index (Phi) is 50.6. The van der Waals surface area contributed by atoms with Gasteiger partial charge < -0.3 is 0 Å². The van der Waals surface area contributed by atoms with Gasteiger partial charge in [0.25, 0.3) is 0 Å². The molecule has 0 N–H and O–H groups in total. The van der Waals surface area contributed by atoms with Gasteiger partial charge in [-0.2, -0.15) is 0 Å². The normalized spacial score (nSPS) is 2.60. The van der Waals surface area contributed by atoms with Gasteiger partial charge in [0.15, 0.2) is 0 Å². The molecule has 0 aliphatic carbocycles. The minimum atomic E-state index is 0. The van der Waals surface area contributed by atoms with Crippen molar-refractivity contribution >= 4 is 80.9 Å². The fourth-order valence-corrected chi connectivity index (χ4v) is 0. The Morgan fingerprint density at radius 2 is 1.60 bits per heavy atom. The predicted octanol–water partition coefficient (Wildman–Crippen LogP) is -0.105. The molecular weight excluding hydrogens is 98.1 g/mol. The first-order chi connectivity index (χ1) is 1.41. The van der Waals surface area contributed by atoms with E-state index in [0.717, 1.165) is 0 Å². The van der Waals surface area contributed by atoms with E-state index in [9.17, 15) is 0 Å². The van der Waals surface area contributed by atoms with Crippen molar-refractivity contribution in [2.24, 2.45) is 0 Å². The maximum atomic E-state index is 3.36. The van der Waals surface area contributed by atoms with Gasteiger partial charge in [0.05, 0.1) is 0 Å². The van der Waals surface area contributed by atoms with Crippen molar-refractivity contribution in [3.05, 3.63) is 12.7 Å². The van der Waals surface area contributed by atoms with E-state index >= 15 is 0 Å². The molecule has 0 aromatic heterocycles. The molecule has 0 aromatic carbocycles. The van der Waals surface area contributed by atoms with Gasteiger partial charge in [-0.1, -0.05) is 6.08 Å². The molecular formula is C3H8KNa. The summed E-state index contributed by atoms with van der Waals surface area (Å²) in [6.45, 7) is 5.25. The van der Waals surface area contributed by atoms with Crippen molar-refractivity contribution in [3.8, 4) is 0 Å². The van der Waals surface area contributed by atoms with Crippen LogP contribution in [0, 0.1) is 0 Å². The van der Waals surface area contributed by atoms with Gasteiger partial charge in [-0.15, -0.1) is 6.58 Å². The van der Waals surface area contributed by atoms with Crippen molar-refractivity contribution in [2.45, 2.75) is 6.92 Å². The first-order valence-electron chi connectivity index (χ1n) is 0.986. The molecule has 0 rings (SSSR count). The Morgan fingerprint density at radius 1 is 1.60 bits per heavy atom. The number of hydrogen-bond donors (Lipinski definition) is 0. The third-order valence-electron chi connectivity index (χ3n) is 0. The molecule has 0 spiro atoms. The van der Waals surface area contributed by atoms with E-state index in [2.05, 4.69) is 6.58 Å². The van der Waals surface area contributed by atoms with Gasteiger partial charge in [-0.3, -0.25) is 0 Å². The van der Waals surface area contributed by atoms with Gasteiger partial charge in [0.2, 0.25) is 0 Å². The molecule has 0 aliphatic heterocycles. The van der Waals surface area contributed by atoms with Crippen LogP contribution < -0.4 is 0 Å². The van der Waals surface area contributed by atoms with Crippen LogP contribution in [0.4, 0.5) is 0 Å². The van der Waals surface area contributed by atoms with Crippen LogP contribution in [0.3, 0.4) is 0 Å². The van der Waals surface area contributed by atoms with Crippen molar-refractivity contribution in [1.29, 1.82) is 0 Å². The predicted molar refractivity (Wildman–Crippen MR) is 30.2 cm³/mol. The van der Waals surface area contributed by atoms with Gasteiger partial charge in [0.1, 0.15) is 0 Å². The monoisotopic (exact) mass is 106 g/mol. The first-order valence-corrected chi connectivity index (χ1v) is 0.986. The van der Waals surface area contributed by atoms with Crippen LogP contribution in [0.2, 0.25) is 0 Å². The second-order valence-corrected chi connectivity index (χ2v) is 0.408. The molecule has 0 atom stereocenters. The van der Waals surface area contributed by atoms with Crippen LogP contribution in [-0.4, -0.2) is 80.9 Å². The minimum absolute atomic E-state index is 0. The average Bonchev–Trinajstić information content (AvgIpc) is 0.918. The van der Waals surface area contributed by atoms with E-state index in [1.54, 1.807) is 6.08 Å². The summed E-state index contributed by atoms with van der Waals surface area (Å²) in [5.74, 6) is 0. The van der Waals surface area contributed by atoms with Crippen molar-refractivity contribution in [2.75, 3.05) is 0 Å². The molecule has 5 heavy (non-hydrogen) atoms. The van der Waals surface area contributed by atoms with E-state index in [1.807, 2.05) is 6.92 Å². The Balaban J connectivity index is -0.0000000200. The third kappa shape index (κ3) is 21.6. The van der Waals surface area contributed by atoms with E-state index in [-0.39, 0.29) is 80.9 Å². The Bertz CT molecular complexity index is 14.4. The SMILES string of the molecule is C=CC.[KH].[NaH]. The van der Waals surface area contributed by atoms with Gasteiger partial charge in [0, 0.05) is 0 Å². The molecule has 0 bridgehead atoms. The molecule has 0 nitrogen and oxygen atoms in total. The van der Waals surface area contributed by atoms with E-state index < -0.39 is 0 Å². The summed E-state index contributed by atoms with van der Waals surface area (Å²) in [4.78, 5) is 0. The fraction of sp³-hybridized carbons (Fsp3) is 0.333. The second-order valence-electron chi connectivity index (χ2n) is 0.408. The van der Waals surface area contributed by atoms with Crippen LogP contribution in [0.25, 0.3) is 0 Å². The third-order valence-corrected chi connectivity index (χ3v) is 0. The summed E-state index contributed by atoms with van der Waals surface area (Å²) in [7, 11) is 0. The fourth-order valence-electron chi connectivity index (χ4n) is 0. The summed E-state index contributed by atoms with van der Waals surface area (Å²) in [6, 6.07) is 0. The molecule has 0 saturated carbocycles. The van der Waals surface area contributed by atoms with Crippen LogP contribution in [0.15, 0.2) is 12.7 Å². The average molecular weight is 106 g/mol. The molecule has 0 fully saturated rings. The number of hydrogen-bond acceptors (Lipinski definition) is 0. The molecule has 0 saturated heterocycles. The molecule has 0 radical (unpaired) electrons. The summed E-state index contributed by atoms with van der Waals surface area (Å²) < 4.78 is 0.